The van der Waals surface area contributed by atoms with Gasteiger partial charge in [0.1, 0.15) is 17.4 Å². The van der Waals surface area contributed by atoms with Crippen molar-refractivity contribution in [3.63, 3.8) is 0 Å². The van der Waals surface area contributed by atoms with Gasteiger partial charge in [0.05, 0.1) is 36.3 Å². The molecule has 3 heterocycles. The van der Waals surface area contributed by atoms with Crippen LogP contribution in [0.25, 0.3) is 11.5 Å². The molecule has 1 aliphatic heterocycles. The zero-order valence-corrected chi connectivity index (χ0v) is 21.7. The first-order valence-electron chi connectivity index (χ1n) is 12.9. The molecule has 0 saturated carbocycles. The van der Waals surface area contributed by atoms with E-state index in [2.05, 4.69) is 9.88 Å². The van der Waals surface area contributed by atoms with Crippen molar-refractivity contribution in [1.29, 1.82) is 0 Å². The Kier molecular flexibility index (Phi) is 6.36. The molecule has 0 radical (unpaired) electrons. The first-order valence-corrected chi connectivity index (χ1v) is 12.9. The second-order valence-corrected chi connectivity index (χ2v) is 9.41. The van der Waals surface area contributed by atoms with Crippen molar-refractivity contribution >= 4 is 11.7 Å². The quantitative estimate of drug-likeness (QED) is 0.282. The van der Waals surface area contributed by atoms with Crippen molar-refractivity contribution in [3.05, 3.63) is 126 Å². The van der Waals surface area contributed by atoms with E-state index in [4.69, 9.17) is 9.84 Å². The summed E-state index contributed by atoms with van der Waals surface area (Å²) in [5, 5.41) is 7.90. The Morgan fingerprint density at radius 2 is 1.82 bits per heavy atom. The van der Waals surface area contributed by atoms with Crippen molar-refractivity contribution in [3.8, 4) is 17.3 Å². The minimum atomic E-state index is -0.547. The number of fused-ring (bicyclic) bond motifs is 3. The SMILES string of the molecule is CCOc1ccc(NC(=O)N2Cc3c(C)nn(-c4ccccc4)c3-n3cccc3[C@@H]2c2cccc(F)c2)cc1. The molecule has 0 spiro atoms. The lowest BCUT2D eigenvalue weighted by atomic mass is 10.0. The molecule has 3 aromatic carbocycles. The molecule has 0 fully saturated rings. The number of urea groups is 1. The highest BCUT2D eigenvalue weighted by Crippen LogP contribution is 2.39. The minimum absolute atomic E-state index is 0.278. The van der Waals surface area contributed by atoms with Gasteiger partial charge in [0, 0.05) is 17.4 Å². The van der Waals surface area contributed by atoms with Crippen LogP contribution in [-0.2, 0) is 6.54 Å². The fraction of sp³-hybridized carbons (Fsp3) is 0.161. The second kappa shape index (κ2) is 10.1. The smallest absolute Gasteiger partial charge is 0.322 e. The topological polar surface area (TPSA) is 64.3 Å². The number of anilines is 1. The molecule has 0 aliphatic carbocycles. The first-order chi connectivity index (χ1) is 19.0. The van der Waals surface area contributed by atoms with Crippen LogP contribution in [-0.4, -0.2) is 31.9 Å². The van der Waals surface area contributed by atoms with Gasteiger partial charge in [0.2, 0.25) is 0 Å². The third kappa shape index (κ3) is 4.54. The number of aryl methyl sites for hydroxylation is 1. The zero-order valence-electron chi connectivity index (χ0n) is 21.7. The fourth-order valence-electron chi connectivity index (χ4n) is 5.17. The van der Waals surface area contributed by atoms with Crippen LogP contribution in [0.4, 0.5) is 14.9 Å². The lowest BCUT2D eigenvalue weighted by molar-refractivity contribution is 0.194. The predicted octanol–water partition coefficient (Wildman–Crippen LogP) is 6.65. The highest BCUT2D eigenvalue weighted by molar-refractivity contribution is 5.90. The number of aromatic nitrogens is 3. The van der Waals surface area contributed by atoms with E-state index in [0.717, 1.165) is 34.2 Å². The van der Waals surface area contributed by atoms with Crippen molar-refractivity contribution in [2.45, 2.75) is 26.4 Å². The average molecular weight is 522 g/mol. The van der Waals surface area contributed by atoms with E-state index in [1.807, 2.05) is 97.5 Å². The third-order valence-electron chi connectivity index (χ3n) is 6.93. The number of hydrogen-bond donors (Lipinski definition) is 1. The molecule has 0 saturated heterocycles. The van der Waals surface area contributed by atoms with Gasteiger partial charge in [-0.25, -0.2) is 13.9 Å². The Bertz CT molecular complexity index is 1620. The van der Waals surface area contributed by atoms with Crippen molar-refractivity contribution in [2.24, 2.45) is 0 Å². The number of nitrogens with one attached hydrogen (secondary N) is 1. The molecular formula is C31H28FN5O2. The van der Waals surface area contributed by atoms with Gasteiger partial charge in [0.25, 0.3) is 0 Å². The number of amides is 2. The summed E-state index contributed by atoms with van der Waals surface area (Å²) in [5.74, 6) is 1.23. The highest BCUT2D eigenvalue weighted by Gasteiger charge is 2.36. The molecule has 7 nitrogen and oxygen atoms in total. The molecule has 1 N–H and O–H groups in total. The largest absolute Gasteiger partial charge is 0.494 e. The minimum Gasteiger partial charge on any atom is -0.494 e. The van der Waals surface area contributed by atoms with E-state index in [0.29, 0.717) is 17.9 Å². The lowest BCUT2D eigenvalue weighted by Crippen LogP contribution is -2.38. The predicted molar refractivity (Wildman–Crippen MR) is 148 cm³/mol. The molecule has 2 amide bonds. The van der Waals surface area contributed by atoms with E-state index in [-0.39, 0.29) is 18.4 Å². The van der Waals surface area contributed by atoms with Crippen molar-refractivity contribution in [1.82, 2.24) is 19.2 Å². The number of halogens is 1. The Morgan fingerprint density at radius 1 is 1.03 bits per heavy atom. The number of rotatable bonds is 5. The second-order valence-electron chi connectivity index (χ2n) is 9.41. The number of carbonyl (C=O) groups excluding carboxylic acids is 1. The molecule has 1 atom stereocenters. The number of benzene rings is 3. The summed E-state index contributed by atoms with van der Waals surface area (Å²) < 4.78 is 24.0. The number of carbonyl (C=O) groups is 1. The van der Waals surface area contributed by atoms with Gasteiger partial charge in [-0.05, 0) is 80.1 Å². The Balaban J connectivity index is 1.48. The van der Waals surface area contributed by atoms with Crippen LogP contribution < -0.4 is 10.1 Å². The molecule has 2 aromatic heterocycles. The summed E-state index contributed by atoms with van der Waals surface area (Å²) >= 11 is 0. The molecule has 5 aromatic rings. The Morgan fingerprint density at radius 3 is 2.56 bits per heavy atom. The summed E-state index contributed by atoms with van der Waals surface area (Å²) in [6.45, 7) is 4.71. The maximum absolute atomic E-state index is 14.5. The highest BCUT2D eigenvalue weighted by atomic mass is 19.1. The van der Waals surface area contributed by atoms with Crippen LogP contribution in [0, 0.1) is 12.7 Å². The molecule has 196 valence electrons. The van der Waals surface area contributed by atoms with Gasteiger partial charge in [-0.2, -0.15) is 5.10 Å². The maximum Gasteiger partial charge on any atom is 0.322 e. The molecule has 8 heteroatoms. The van der Waals surface area contributed by atoms with Crippen molar-refractivity contribution in [2.75, 3.05) is 11.9 Å². The average Bonchev–Trinajstić information content (AvgIpc) is 3.50. The van der Waals surface area contributed by atoms with E-state index < -0.39 is 6.04 Å². The monoisotopic (exact) mass is 521 g/mol. The van der Waals surface area contributed by atoms with Crippen LogP contribution in [0.2, 0.25) is 0 Å². The normalized spacial score (nSPS) is 14.3. The van der Waals surface area contributed by atoms with Gasteiger partial charge in [-0.1, -0.05) is 30.3 Å². The zero-order chi connectivity index (χ0) is 26.9. The van der Waals surface area contributed by atoms with Gasteiger partial charge in [-0.15, -0.1) is 0 Å². The van der Waals surface area contributed by atoms with Crippen molar-refractivity contribution < 1.29 is 13.9 Å². The van der Waals surface area contributed by atoms with Crippen LogP contribution in [0.5, 0.6) is 5.75 Å². The van der Waals surface area contributed by atoms with Crippen LogP contribution >= 0.6 is 0 Å². The molecule has 1 aliphatic rings. The lowest BCUT2D eigenvalue weighted by Gasteiger charge is -2.31. The number of hydrogen-bond acceptors (Lipinski definition) is 3. The summed E-state index contributed by atoms with van der Waals surface area (Å²) in [5.41, 5.74) is 4.79. The van der Waals surface area contributed by atoms with E-state index >= 15 is 0 Å². The van der Waals surface area contributed by atoms with Crippen LogP contribution in [0.15, 0.2) is 97.2 Å². The van der Waals surface area contributed by atoms with Crippen LogP contribution in [0.3, 0.4) is 0 Å². The molecule has 0 bridgehead atoms. The summed E-state index contributed by atoms with van der Waals surface area (Å²) in [6.07, 6.45) is 1.97. The summed E-state index contributed by atoms with van der Waals surface area (Å²) in [4.78, 5) is 15.7. The first kappa shape index (κ1) is 24.5. The van der Waals surface area contributed by atoms with E-state index in [1.165, 1.54) is 12.1 Å². The summed E-state index contributed by atoms with van der Waals surface area (Å²) in [6, 6.07) is 26.7. The number of para-hydroxylation sites is 1. The third-order valence-corrected chi connectivity index (χ3v) is 6.93. The molecular weight excluding hydrogens is 493 g/mol. The summed E-state index contributed by atoms with van der Waals surface area (Å²) in [7, 11) is 0. The Hall–Kier alpha value is -4.85. The maximum atomic E-state index is 14.5. The Labute approximate surface area is 226 Å². The standard InChI is InChI=1S/C31H28FN5O2/c1-3-39-26-16-14-24(15-17-26)33-31(38)36-20-27-21(2)34-37(25-11-5-4-6-12-25)30(27)35-18-8-13-28(35)29(36)22-9-7-10-23(32)19-22/h4-19,29H,3,20H2,1-2H3,(H,33,38)/t29-/m0/s1. The van der Waals surface area contributed by atoms with Gasteiger partial charge in [0.15, 0.2) is 0 Å². The van der Waals surface area contributed by atoms with Gasteiger partial charge < -0.3 is 19.5 Å². The van der Waals surface area contributed by atoms with Gasteiger partial charge in [-0.3, -0.25) is 0 Å². The number of ether oxygens (including phenoxy) is 1. The molecule has 0 unspecified atom stereocenters. The number of nitrogens with zero attached hydrogens (tertiary/aromatic N) is 4. The fourth-order valence-corrected chi connectivity index (χ4v) is 5.17. The molecule has 39 heavy (non-hydrogen) atoms. The van der Waals surface area contributed by atoms with E-state index in [1.54, 1.807) is 11.0 Å². The van der Waals surface area contributed by atoms with Crippen LogP contribution in [0.1, 0.15) is 35.5 Å². The van der Waals surface area contributed by atoms with Gasteiger partial charge >= 0.3 is 6.03 Å². The van der Waals surface area contributed by atoms with E-state index in [9.17, 15) is 9.18 Å². The molecule has 6 rings (SSSR count).